The molecule has 7 heteroatoms. The van der Waals surface area contributed by atoms with Crippen LogP contribution in [-0.2, 0) is 4.79 Å². The molecule has 0 atom stereocenters. The van der Waals surface area contributed by atoms with Gasteiger partial charge in [-0.3, -0.25) is 0 Å². The lowest BCUT2D eigenvalue weighted by molar-refractivity contribution is 0.415. The van der Waals surface area contributed by atoms with Gasteiger partial charge in [-0.15, -0.1) is 10.2 Å². The SMILES string of the molecule is COc1ccc(-n2nc3cc(C)c(N=C=O)cc3n2)cc1Cl. The van der Waals surface area contributed by atoms with Crippen molar-refractivity contribution in [1.82, 2.24) is 15.0 Å². The van der Waals surface area contributed by atoms with Crippen molar-refractivity contribution in [1.29, 1.82) is 0 Å². The zero-order chi connectivity index (χ0) is 15.7. The molecule has 0 saturated carbocycles. The van der Waals surface area contributed by atoms with E-state index in [2.05, 4.69) is 15.2 Å². The molecule has 0 N–H and O–H groups in total. The first-order chi connectivity index (χ1) is 10.6. The van der Waals surface area contributed by atoms with Crippen molar-refractivity contribution >= 4 is 34.4 Å². The Morgan fingerprint density at radius 1 is 1.23 bits per heavy atom. The van der Waals surface area contributed by atoms with E-state index < -0.39 is 0 Å². The fourth-order valence-electron chi connectivity index (χ4n) is 2.12. The van der Waals surface area contributed by atoms with Crippen LogP contribution in [0.3, 0.4) is 0 Å². The summed E-state index contributed by atoms with van der Waals surface area (Å²) in [5.41, 5.74) is 3.40. The minimum absolute atomic E-state index is 0.476. The summed E-state index contributed by atoms with van der Waals surface area (Å²) in [4.78, 5) is 15.6. The van der Waals surface area contributed by atoms with E-state index in [1.807, 2.05) is 13.0 Å². The smallest absolute Gasteiger partial charge is 0.240 e. The lowest BCUT2D eigenvalue weighted by atomic mass is 10.2. The van der Waals surface area contributed by atoms with Crippen molar-refractivity contribution in [3.63, 3.8) is 0 Å². The third-order valence-electron chi connectivity index (χ3n) is 3.23. The van der Waals surface area contributed by atoms with Crippen LogP contribution in [0.15, 0.2) is 35.3 Å². The van der Waals surface area contributed by atoms with Crippen molar-refractivity contribution in [2.24, 2.45) is 4.99 Å². The highest BCUT2D eigenvalue weighted by Gasteiger charge is 2.10. The number of carbonyl (C=O) groups excluding carboxylic acids is 1. The molecule has 0 bridgehead atoms. The van der Waals surface area contributed by atoms with E-state index in [-0.39, 0.29) is 0 Å². The molecule has 110 valence electrons. The van der Waals surface area contributed by atoms with Crippen LogP contribution in [0.25, 0.3) is 16.7 Å². The van der Waals surface area contributed by atoms with Crippen LogP contribution in [0.5, 0.6) is 5.75 Å². The first-order valence-corrected chi connectivity index (χ1v) is 6.79. The summed E-state index contributed by atoms with van der Waals surface area (Å²) in [7, 11) is 1.55. The number of hydrogen-bond donors (Lipinski definition) is 0. The Morgan fingerprint density at radius 3 is 2.59 bits per heavy atom. The van der Waals surface area contributed by atoms with Crippen LogP contribution in [0, 0.1) is 6.92 Å². The molecule has 0 aliphatic rings. The lowest BCUT2D eigenvalue weighted by Crippen LogP contribution is -1.98. The normalized spacial score (nSPS) is 10.5. The number of halogens is 1. The van der Waals surface area contributed by atoms with Crippen molar-refractivity contribution in [3.05, 3.63) is 40.9 Å². The maximum Gasteiger partial charge on any atom is 0.240 e. The Bertz CT molecular complexity index is 913. The van der Waals surface area contributed by atoms with Gasteiger partial charge in [0.1, 0.15) is 16.8 Å². The number of rotatable bonds is 3. The van der Waals surface area contributed by atoms with E-state index >= 15 is 0 Å². The average molecular weight is 315 g/mol. The largest absolute Gasteiger partial charge is 0.495 e. The number of methoxy groups -OCH3 is 1. The Morgan fingerprint density at radius 2 is 1.95 bits per heavy atom. The molecule has 3 aromatic rings. The zero-order valence-electron chi connectivity index (χ0n) is 11.9. The highest BCUT2D eigenvalue weighted by molar-refractivity contribution is 6.32. The maximum atomic E-state index is 10.4. The molecule has 0 fully saturated rings. The van der Waals surface area contributed by atoms with Crippen LogP contribution in [0.1, 0.15) is 5.56 Å². The highest BCUT2D eigenvalue weighted by Crippen LogP contribution is 2.27. The number of aryl methyl sites for hydroxylation is 1. The number of aromatic nitrogens is 3. The van der Waals surface area contributed by atoms with Gasteiger partial charge in [0.25, 0.3) is 0 Å². The lowest BCUT2D eigenvalue weighted by Gasteiger charge is -2.04. The van der Waals surface area contributed by atoms with Gasteiger partial charge in [-0.1, -0.05) is 11.6 Å². The van der Waals surface area contributed by atoms with Crippen molar-refractivity contribution in [3.8, 4) is 11.4 Å². The zero-order valence-corrected chi connectivity index (χ0v) is 12.6. The van der Waals surface area contributed by atoms with Crippen LogP contribution in [-0.4, -0.2) is 28.2 Å². The molecular weight excluding hydrogens is 304 g/mol. The van der Waals surface area contributed by atoms with Crippen molar-refractivity contribution < 1.29 is 9.53 Å². The maximum absolute atomic E-state index is 10.4. The molecule has 1 aromatic heterocycles. The third-order valence-corrected chi connectivity index (χ3v) is 3.53. The fraction of sp³-hybridized carbons (Fsp3) is 0.133. The Balaban J connectivity index is 2.12. The molecule has 0 unspecified atom stereocenters. The van der Waals surface area contributed by atoms with E-state index in [0.717, 1.165) is 5.56 Å². The molecule has 0 aliphatic carbocycles. The summed E-state index contributed by atoms with van der Waals surface area (Å²) in [5.74, 6) is 0.584. The summed E-state index contributed by atoms with van der Waals surface area (Å²) in [6.45, 7) is 1.85. The standard InChI is InChI=1S/C15H11ClN4O2/c1-9-5-13-14(7-12(9)17-8-21)19-20(18-13)10-3-4-15(22-2)11(16)6-10/h3-7H,1-2H3. The number of benzene rings is 2. The van der Waals surface area contributed by atoms with Gasteiger partial charge in [0.15, 0.2) is 0 Å². The average Bonchev–Trinajstić information content (AvgIpc) is 2.90. The van der Waals surface area contributed by atoms with Crippen LogP contribution < -0.4 is 4.74 Å². The molecular formula is C15H11ClN4O2. The minimum atomic E-state index is 0.476. The summed E-state index contributed by atoms with van der Waals surface area (Å²) >= 11 is 6.12. The monoisotopic (exact) mass is 314 g/mol. The van der Waals surface area contributed by atoms with Crippen LogP contribution in [0.2, 0.25) is 5.02 Å². The molecule has 2 aromatic carbocycles. The number of isocyanates is 1. The quantitative estimate of drug-likeness (QED) is 0.549. The highest BCUT2D eigenvalue weighted by atomic mass is 35.5. The molecule has 1 heterocycles. The first kappa shape index (κ1) is 14.3. The van der Waals surface area contributed by atoms with Crippen LogP contribution >= 0.6 is 11.6 Å². The number of nitrogens with zero attached hydrogens (tertiary/aromatic N) is 4. The van der Waals surface area contributed by atoms with Gasteiger partial charge in [0.2, 0.25) is 6.08 Å². The minimum Gasteiger partial charge on any atom is -0.495 e. The Labute approximate surface area is 131 Å². The second-order valence-corrected chi connectivity index (χ2v) is 5.05. The molecule has 0 radical (unpaired) electrons. The second kappa shape index (κ2) is 5.60. The van der Waals surface area contributed by atoms with E-state index in [1.54, 1.807) is 31.4 Å². The van der Waals surface area contributed by atoms with Crippen LogP contribution in [0.4, 0.5) is 5.69 Å². The van der Waals surface area contributed by atoms with Gasteiger partial charge in [0, 0.05) is 0 Å². The van der Waals surface area contributed by atoms with E-state index in [0.29, 0.717) is 33.2 Å². The third kappa shape index (κ3) is 2.45. The summed E-state index contributed by atoms with van der Waals surface area (Å²) in [6, 6.07) is 8.79. The second-order valence-electron chi connectivity index (χ2n) is 4.64. The van der Waals surface area contributed by atoms with Gasteiger partial charge in [-0.25, -0.2) is 4.79 Å². The number of ether oxygens (including phenoxy) is 1. The van der Waals surface area contributed by atoms with Gasteiger partial charge < -0.3 is 4.74 Å². The Hall–Kier alpha value is -2.69. The first-order valence-electron chi connectivity index (χ1n) is 6.42. The number of aliphatic imine (C=N–C) groups is 1. The predicted molar refractivity (Wildman–Crippen MR) is 82.9 cm³/mol. The predicted octanol–water partition coefficient (Wildman–Crippen LogP) is 3.36. The molecule has 0 spiro atoms. The Kier molecular flexibility index (Phi) is 3.63. The topological polar surface area (TPSA) is 69.4 Å². The summed E-state index contributed by atoms with van der Waals surface area (Å²) in [5, 5.41) is 9.26. The molecule has 22 heavy (non-hydrogen) atoms. The number of hydrogen-bond acceptors (Lipinski definition) is 5. The van der Waals surface area contributed by atoms with E-state index in [9.17, 15) is 4.79 Å². The molecule has 6 nitrogen and oxygen atoms in total. The number of fused-ring (bicyclic) bond motifs is 1. The molecule has 0 amide bonds. The van der Waals surface area contributed by atoms with Gasteiger partial charge in [-0.2, -0.15) is 9.79 Å². The summed E-state index contributed by atoms with van der Waals surface area (Å²) in [6.07, 6.45) is 1.54. The van der Waals surface area contributed by atoms with Crippen molar-refractivity contribution in [2.45, 2.75) is 6.92 Å². The van der Waals surface area contributed by atoms with Gasteiger partial charge >= 0.3 is 0 Å². The fourth-order valence-corrected chi connectivity index (χ4v) is 2.37. The molecule has 0 aliphatic heterocycles. The molecule has 3 rings (SSSR count). The van der Waals surface area contributed by atoms with Gasteiger partial charge in [-0.05, 0) is 42.8 Å². The van der Waals surface area contributed by atoms with E-state index in [4.69, 9.17) is 16.3 Å². The summed E-state index contributed by atoms with van der Waals surface area (Å²) < 4.78 is 5.12. The van der Waals surface area contributed by atoms with Gasteiger partial charge in [0.05, 0.1) is 23.5 Å². The molecule has 0 saturated heterocycles. The van der Waals surface area contributed by atoms with E-state index in [1.165, 1.54) is 10.9 Å². The van der Waals surface area contributed by atoms with Crippen molar-refractivity contribution in [2.75, 3.05) is 7.11 Å².